The average molecular weight is 369 g/mol. The first kappa shape index (κ1) is 21.8. The van der Waals surface area contributed by atoms with Crippen molar-refractivity contribution in [3.63, 3.8) is 0 Å². The SMILES string of the molecule is CNCCC1CCN(C(=O)COc2cc(C)ccc2C(C)C)CC1.Cl. The van der Waals surface area contributed by atoms with E-state index >= 15 is 0 Å². The largest absolute Gasteiger partial charge is 0.483 e. The van der Waals surface area contributed by atoms with Crippen LogP contribution < -0.4 is 10.1 Å². The van der Waals surface area contributed by atoms with Gasteiger partial charge in [-0.25, -0.2) is 0 Å². The molecule has 0 radical (unpaired) electrons. The van der Waals surface area contributed by atoms with Crippen LogP contribution in [0.1, 0.15) is 50.2 Å². The number of likely N-dealkylation sites (tertiary alicyclic amines) is 1. The zero-order valence-electron chi connectivity index (χ0n) is 16.0. The molecule has 0 spiro atoms. The van der Waals surface area contributed by atoms with E-state index in [1.807, 2.05) is 18.0 Å². The van der Waals surface area contributed by atoms with Gasteiger partial charge in [-0.3, -0.25) is 4.79 Å². The predicted molar refractivity (Wildman–Crippen MR) is 106 cm³/mol. The molecular weight excluding hydrogens is 336 g/mol. The van der Waals surface area contributed by atoms with Crippen LogP contribution in [0.2, 0.25) is 0 Å². The van der Waals surface area contributed by atoms with Gasteiger partial charge in [0, 0.05) is 13.1 Å². The summed E-state index contributed by atoms with van der Waals surface area (Å²) in [7, 11) is 1.99. The van der Waals surface area contributed by atoms with Crippen molar-refractivity contribution < 1.29 is 9.53 Å². The Kier molecular flexibility index (Phi) is 9.30. The molecule has 4 nitrogen and oxygen atoms in total. The number of amides is 1. The molecule has 1 fully saturated rings. The van der Waals surface area contributed by atoms with Crippen LogP contribution in [0.4, 0.5) is 0 Å². The van der Waals surface area contributed by atoms with Crippen molar-refractivity contribution in [2.45, 2.75) is 46.0 Å². The number of ether oxygens (including phenoxy) is 1. The maximum atomic E-state index is 12.4. The summed E-state index contributed by atoms with van der Waals surface area (Å²) >= 11 is 0. The van der Waals surface area contributed by atoms with Gasteiger partial charge in [0.15, 0.2) is 6.61 Å². The van der Waals surface area contributed by atoms with Gasteiger partial charge in [0.25, 0.3) is 5.91 Å². The van der Waals surface area contributed by atoms with Crippen LogP contribution in [-0.4, -0.2) is 44.1 Å². The number of hydrogen-bond acceptors (Lipinski definition) is 3. The number of rotatable bonds is 7. The monoisotopic (exact) mass is 368 g/mol. The second-order valence-electron chi connectivity index (χ2n) is 7.20. The fourth-order valence-corrected chi connectivity index (χ4v) is 3.29. The molecule has 0 aliphatic carbocycles. The van der Waals surface area contributed by atoms with E-state index in [0.29, 0.717) is 5.92 Å². The van der Waals surface area contributed by atoms with E-state index in [9.17, 15) is 4.79 Å². The van der Waals surface area contributed by atoms with Gasteiger partial charge >= 0.3 is 0 Å². The number of carbonyl (C=O) groups excluding carboxylic acids is 1. The number of piperidine rings is 1. The second-order valence-corrected chi connectivity index (χ2v) is 7.20. The summed E-state index contributed by atoms with van der Waals surface area (Å²) in [5, 5.41) is 3.21. The van der Waals surface area contributed by atoms with Crippen molar-refractivity contribution in [2.24, 2.45) is 5.92 Å². The van der Waals surface area contributed by atoms with E-state index in [2.05, 4.69) is 38.2 Å². The molecule has 1 aromatic rings. The molecule has 1 amide bonds. The number of carbonyl (C=O) groups is 1. The van der Waals surface area contributed by atoms with E-state index in [0.717, 1.165) is 49.7 Å². The maximum absolute atomic E-state index is 12.4. The van der Waals surface area contributed by atoms with Gasteiger partial charge in [0.2, 0.25) is 0 Å². The molecule has 1 aliphatic heterocycles. The molecule has 5 heteroatoms. The van der Waals surface area contributed by atoms with Gasteiger partial charge in [0.05, 0.1) is 0 Å². The highest BCUT2D eigenvalue weighted by atomic mass is 35.5. The van der Waals surface area contributed by atoms with Crippen molar-refractivity contribution in [3.8, 4) is 5.75 Å². The molecular formula is C20H33ClN2O2. The van der Waals surface area contributed by atoms with Crippen LogP contribution in [-0.2, 0) is 4.79 Å². The lowest BCUT2D eigenvalue weighted by atomic mass is 9.93. The molecule has 0 aromatic heterocycles. The Morgan fingerprint density at radius 1 is 1.32 bits per heavy atom. The average Bonchev–Trinajstić information content (AvgIpc) is 2.58. The lowest BCUT2D eigenvalue weighted by molar-refractivity contribution is -0.134. The van der Waals surface area contributed by atoms with Gasteiger partial charge in [-0.1, -0.05) is 26.0 Å². The van der Waals surface area contributed by atoms with E-state index in [1.165, 1.54) is 12.0 Å². The molecule has 1 heterocycles. The Balaban J connectivity index is 0.00000312. The van der Waals surface area contributed by atoms with Crippen molar-refractivity contribution >= 4 is 18.3 Å². The number of hydrogen-bond donors (Lipinski definition) is 1. The van der Waals surface area contributed by atoms with Crippen LogP contribution in [0.5, 0.6) is 5.75 Å². The fraction of sp³-hybridized carbons (Fsp3) is 0.650. The van der Waals surface area contributed by atoms with Crippen LogP contribution in [0.25, 0.3) is 0 Å². The first-order chi connectivity index (χ1) is 11.5. The Morgan fingerprint density at radius 2 is 2.00 bits per heavy atom. The lowest BCUT2D eigenvalue weighted by Crippen LogP contribution is -2.41. The van der Waals surface area contributed by atoms with Gasteiger partial charge < -0.3 is 15.0 Å². The van der Waals surface area contributed by atoms with E-state index < -0.39 is 0 Å². The zero-order valence-corrected chi connectivity index (χ0v) is 16.8. The summed E-state index contributed by atoms with van der Waals surface area (Å²) in [4.78, 5) is 14.4. The topological polar surface area (TPSA) is 41.6 Å². The number of benzene rings is 1. The predicted octanol–water partition coefficient (Wildman–Crippen LogP) is 3.77. The van der Waals surface area contributed by atoms with Crippen molar-refractivity contribution in [3.05, 3.63) is 29.3 Å². The smallest absolute Gasteiger partial charge is 0.260 e. The van der Waals surface area contributed by atoms with Crippen LogP contribution >= 0.6 is 12.4 Å². The van der Waals surface area contributed by atoms with Gasteiger partial charge in [-0.2, -0.15) is 0 Å². The van der Waals surface area contributed by atoms with Crippen LogP contribution in [0.15, 0.2) is 18.2 Å². The third-order valence-electron chi connectivity index (χ3n) is 4.91. The van der Waals surface area contributed by atoms with E-state index in [4.69, 9.17) is 4.74 Å². The molecule has 1 N–H and O–H groups in total. The van der Waals surface area contributed by atoms with E-state index in [-0.39, 0.29) is 24.9 Å². The molecule has 0 unspecified atom stereocenters. The molecule has 1 saturated heterocycles. The highest BCUT2D eigenvalue weighted by Gasteiger charge is 2.23. The summed E-state index contributed by atoms with van der Waals surface area (Å²) in [6.45, 7) is 9.28. The number of aryl methyl sites for hydroxylation is 1. The molecule has 142 valence electrons. The number of nitrogens with zero attached hydrogens (tertiary/aromatic N) is 1. The summed E-state index contributed by atoms with van der Waals surface area (Å²) < 4.78 is 5.88. The molecule has 0 atom stereocenters. The summed E-state index contributed by atoms with van der Waals surface area (Å²) in [6, 6.07) is 6.24. The highest BCUT2D eigenvalue weighted by Crippen LogP contribution is 2.27. The molecule has 2 rings (SSSR count). The minimum atomic E-state index is 0. The first-order valence-corrected chi connectivity index (χ1v) is 9.17. The third kappa shape index (κ3) is 6.52. The summed E-state index contributed by atoms with van der Waals surface area (Å²) in [5.74, 6) is 2.09. The first-order valence-electron chi connectivity index (χ1n) is 9.17. The lowest BCUT2D eigenvalue weighted by Gasteiger charge is -2.32. The van der Waals surface area contributed by atoms with Crippen molar-refractivity contribution in [1.82, 2.24) is 10.2 Å². The Morgan fingerprint density at radius 3 is 2.60 bits per heavy atom. The summed E-state index contributed by atoms with van der Waals surface area (Å²) in [6.07, 6.45) is 3.42. The number of halogens is 1. The third-order valence-corrected chi connectivity index (χ3v) is 4.91. The van der Waals surface area contributed by atoms with Crippen molar-refractivity contribution in [2.75, 3.05) is 33.3 Å². The van der Waals surface area contributed by atoms with Gasteiger partial charge in [-0.05, 0) is 68.8 Å². The molecule has 1 aromatic carbocycles. The minimum Gasteiger partial charge on any atom is -0.483 e. The normalized spacial score (nSPS) is 15.2. The Hall–Kier alpha value is -1.26. The second kappa shape index (κ2) is 10.7. The fourth-order valence-electron chi connectivity index (χ4n) is 3.29. The Labute approximate surface area is 158 Å². The Bertz CT molecular complexity index is 540. The number of nitrogens with one attached hydrogen (secondary N) is 1. The van der Waals surface area contributed by atoms with Crippen LogP contribution in [0, 0.1) is 12.8 Å². The molecule has 1 aliphatic rings. The van der Waals surface area contributed by atoms with Gasteiger partial charge in [-0.15, -0.1) is 12.4 Å². The highest BCUT2D eigenvalue weighted by molar-refractivity contribution is 5.85. The molecule has 0 saturated carbocycles. The maximum Gasteiger partial charge on any atom is 0.260 e. The quantitative estimate of drug-likeness (QED) is 0.796. The van der Waals surface area contributed by atoms with Crippen LogP contribution in [0.3, 0.4) is 0 Å². The van der Waals surface area contributed by atoms with Gasteiger partial charge in [0.1, 0.15) is 5.75 Å². The van der Waals surface area contributed by atoms with E-state index in [1.54, 1.807) is 0 Å². The zero-order chi connectivity index (χ0) is 17.5. The molecule has 0 bridgehead atoms. The molecule has 25 heavy (non-hydrogen) atoms. The van der Waals surface area contributed by atoms with Crippen molar-refractivity contribution in [1.29, 1.82) is 0 Å². The summed E-state index contributed by atoms with van der Waals surface area (Å²) in [5.41, 5.74) is 2.33. The minimum absolute atomic E-state index is 0. The standard InChI is InChI=1S/C20H32N2O2.ClH/c1-15(2)18-6-5-16(3)13-19(18)24-14-20(23)22-11-8-17(9-12-22)7-10-21-4;/h5-6,13,15,17,21H,7-12,14H2,1-4H3;1H.